The molecule has 8 heteroatoms. The van der Waals surface area contributed by atoms with E-state index in [-0.39, 0.29) is 12.1 Å². The predicted octanol–water partition coefficient (Wildman–Crippen LogP) is 2.32. The lowest BCUT2D eigenvalue weighted by molar-refractivity contribution is -0.137. The van der Waals surface area contributed by atoms with Crippen molar-refractivity contribution in [2.24, 2.45) is 0 Å². The number of benzene rings is 1. The zero-order valence-electron chi connectivity index (χ0n) is 10.4. The molecule has 1 aromatic carbocycles. The summed E-state index contributed by atoms with van der Waals surface area (Å²) in [5.41, 5.74) is -2.33. The number of hydrogen-bond donors (Lipinski definition) is 0. The van der Waals surface area contributed by atoms with Crippen LogP contribution < -0.4 is 0 Å². The molecule has 0 aliphatic heterocycles. The number of hydrogen-bond acceptors (Lipinski definition) is 3. The number of rotatable bonds is 3. The molecule has 0 fully saturated rings. The third-order valence-electron chi connectivity index (χ3n) is 1.54. The minimum atomic E-state index is -4.89. The Morgan fingerprint density at radius 3 is 2.41 bits per heavy atom. The highest BCUT2D eigenvalue weighted by molar-refractivity contribution is 7.85. The molecule has 96 valence electrons. The van der Waals surface area contributed by atoms with E-state index in [9.17, 15) is 26.0 Å². The third kappa shape index (κ3) is 4.70. The van der Waals surface area contributed by atoms with Gasteiger partial charge in [0, 0.05) is 0 Å². The summed E-state index contributed by atoms with van der Waals surface area (Å²) in [6, 6.07) is 0.884. The molecule has 0 saturated carbocycles. The van der Waals surface area contributed by atoms with Crippen LogP contribution >= 0.6 is 0 Å². The molecule has 0 unspecified atom stereocenters. The minimum Gasteiger partial charge on any atom is -0.265 e. The second-order valence-corrected chi connectivity index (χ2v) is 4.69. The average Bonchev–Trinajstić information content (AvgIpc) is 2.11. The van der Waals surface area contributed by atoms with Crippen molar-refractivity contribution in [2.75, 3.05) is 6.26 Å². The molecule has 1 aromatic rings. The van der Waals surface area contributed by atoms with Gasteiger partial charge in [-0.15, -0.1) is 0 Å². The quantitative estimate of drug-likeness (QED) is 0.627. The van der Waals surface area contributed by atoms with Crippen LogP contribution in [0, 0.1) is 5.82 Å². The van der Waals surface area contributed by atoms with Crippen LogP contribution in [0.2, 0.25) is 0 Å². The van der Waals surface area contributed by atoms with Crippen LogP contribution in [-0.2, 0) is 27.0 Å². The summed E-state index contributed by atoms with van der Waals surface area (Å²) in [6.45, 7) is -3.10. The lowest BCUT2D eigenvalue weighted by Gasteiger charge is -2.09. The molecule has 0 bridgehead atoms. The van der Waals surface area contributed by atoms with Gasteiger partial charge in [-0.2, -0.15) is 21.6 Å². The molecule has 0 aromatic heterocycles. The van der Waals surface area contributed by atoms with Gasteiger partial charge in [-0.25, -0.2) is 4.39 Å². The first-order valence-electron chi connectivity index (χ1n) is 5.10. The van der Waals surface area contributed by atoms with Gasteiger partial charge in [0.25, 0.3) is 10.1 Å². The summed E-state index contributed by atoms with van der Waals surface area (Å²) in [6.07, 6.45) is -4.37. The van der Waals surface area contributed by atoms with Crippen LogP contribution in [-0.4, -0.2) is 14.7 Å². The molecule has 1 rings (SSSR count). The van der Waals surface area contributed by atoms with Gasteiger partial charge in [-0.3, -0.25) is 4.18 Å². The van der Waals surface area contributed by atoms with E-state index >= 15 is 0 Å². The molecule has 3 nitrogen and oxygen atoms in total. The van der Waals surface area contributed by atoms with Crippen LogP contribution in [0.15, 0.2) is 18.2 Å². The van der Waals surface area contributed by atoms with Crippen LogP contribution in [0.3, 0.4) is 0 Å². The summed E-state index contributed by atoms with van der Waals surface area (Å²) >= 11 is 0. The lowest BCUT2D eigenvalue weighted by atomic mass is 10.1. The lowest BCUT2D eigenvalue weighted by Crippen LogP contribution is -2.08. The Balaban J connectivity index is 3.31. The fraction of sp³-hybridized carbons (Fsp3) is 0.333. The highest BCUT2D eigenvalue weighted by atomic mass is 32.2. The second kappa shape index (κ2) is 4.61. The van der Waals surface area contributed by atoms with E-state index in [1.165, 1.54) is 0 Å². The van der Waals surface area contributed by atoms with Crippen molar-refractivity contribution in [1.82, 2.24) is 0 Å². The van der Waals surface area contributed by atoms with Gasteiger partial charge in [-0.05, 0) is 23.8 Å². The van der Waals surface area contributed by atoms with Crippen LogP contribution in [0.25, 0.3) is 0 Å². The highest BCUT2D eigenvalue weighted by Crippen LogP contribution is 2.30. The molecule has 0 amide bonds. The second-order valence-electron chi connectivity index (χ2n) is 3.12. The number of halogens is 4. The molecule has 0 atom stereocenters. The van der Waals surface area contributed by atoms with Crippen molar-refractivity contribution in [2.45, 2.75) is 12.7 Å². The SMILES string of the molecule is [2H]C([2H])(OS(C)(=O)=O)c1cc(F)cc(C(F)(F)F)c1. The van der Waals surface area contributed by atoms with E-state index in [4.69, 9.17) is 2.74 Å². The Labute approximate surface area is 97.9 Å². The van der Waals surface area contributed by atoms with E-state index in [1.54, 1.807) is 0 Å². The van der Waals surface area contributed by atoms with E-state index < -0.39 is 39.8 Å². The van der Waals surface area contributed by atoms with Crippen molar-refractivity contribution in [1.29, 1.82) is 0 Å². The fourth-order valence-corrected chi connectivity index (χ4v) is 1.18. The molecule has 0 aliphatic rings. The van der Waals surface area contributed by atoms with Crippen LogP contribution in [0.1, 0.15) is 13.9 Å². The largest absolute Gasteiger partial charge is 0.416 e. The molecular weight excluding hydrogens is 264 g/mol. The zero-order valence-corrected chi connectivity index (χ0v) is 9.19. The number of alkyl halides is 3. The molecule has 0 aliphatic carbocycles. The van der Waals surface area contributed by atoms with Crippen LogP contribution in [0.4, 0.5) is 17.6 Å². The molecule has 0 saturated heterocycles. The first-order chi connectivity index (χ1) is 8.31. The molecule has 0 N–H and O–H groups in total. The Kier molecular flexibility index (Phi) is 2.98. The first kappa shape index (κ1) is 11.0. The predicted molar refractivity (Wildman–Crippen MR) is 51.0 cm³/mol. The third-order valence-corrected chi connectivity index (χ3v) is 1.92. The summed E-state index contributed by atoms with van der Waals surface area (Å²) < 4.78 is 90.5. The molecule has 0 radical (unpaired) electrons. The summed E-state index contributed by atoms with van der Waals surface area (Å²) in [7, 11) is -4.27. The van der Waals surface area contributed by atoms with Gasteiger partial charge in [-0.1, -0.05) is 0 Å². The van der Waals surface area contributed by atoms with Gasteiger partial charge in [0.15, 0.2) is 0 Å². The van der Waals surface area contributed by atoms with E-state index in [0.717, 1.165) is 0 Å². The van der Waals surface area contributed by atoms with Crippen LogP contribution in [0.5, 0.6) is 0 Å². The van der Waals surface area contributed by atoms with E-state index in [1.807, 2.05) is 0 Å². The Bertz CT molecular complexity index is 584. The van der Waals surface area contributed by atoms with Gasteiger partial charge < -0.3 is 0 Å². The van der Waals surface area contributed by atoms with Crippen molar-refractivity contribution >= 4 is 10.1 Å². The van der Waals surface area contributed by atoms with Crippen molar-refractivity contribution in [3.05, 3.63) is 35.1 Å². The minimum absolute atomic E-state index is 0.167. The normalized spacial score (nSPS) is 15.4. The Morgan fingerprint density at radius 1 is 1.35 bits per heavy atom. The molecule has 0 spiro atoms. The van der Waals surface area contributed by atoms with Crippen molar-refractivity contribution in [3.63, 3.8) is 0 Å². The van der Waals surface area contributed by atoms with Crippen molar-refractivity contribution < 1.29 is 32.9 Å². The maximum absolute atomic E-state index is 13.0. The van der Waals surface area contributed by atoms with E-state index in [0.29, 0.717) is 12.3 Å². The fourth-order valence-electron chi connectivity index (χ4n) is 0.936. The standard InChI is InChI=1S/C9H8F4O3S/c1-17(14,15)16-5-6-2-7(9(11,12)13)4-8(10)3-6/h2-4H,5H2,1H3/i5D2. The molecule has 17 heavy (non-hydrogen) atoms. The van der Waals surface area contributed by atoms with Gasteiger partial charge in [0.2, 0.25) is 0 Å². The van der Waals surface area contributed by atoms with Gasteiger partial charge >= 0.3 is 6.18 Å². The maximum atomic E-state index is 13.0. The van der Waals surface area contributed by atoms with Crippen molar-refractivity contribution in [3.8, 4) is 0 Å². The molecular formula is C9H8F4O3S. The highest BCUT2D eigenvalue weighted by Gasteiger charge is 2.31. The van der Waals surface area contributed by atoms with Gasteiger partial charge in [0.1, 0.15) is 5.82 Å². The Morgan fingerprint density at radius 2 is 1.94 bits per heavy atom. The topological polar surface area (TPSA) is 43.4 Å². The Hall–Kier alpha value is -1.15. The average molecular weight is 274 g/mol. The summed E-state index contributed by atoms with van der Waals surface area (Å²) in [4.78, 5) is 0. The van der Waals surface area contributed by atoms with Gasteiger partial charge in [0.05, 0.1) is 21.1 Å². The summed E-state index contributed by atoms with van der Waals surface area (Å²) in [5.74, 6) is -1.36. The summed E-state index contributed by atoms with van der Waals surface area (Å²) in [5, 5.41) is 0. The first-order valence-corrected chi connectivity index (χ1v) is 5.92. The monoisotopic (exact) mass is 274 g/mol. The maximum Gasteiger partial charge on any atom is 0.416 e. The zero-order chi connectivity index (χ0) is 15.1. The van der Waals surface area contributed by atoms with E-state index in [2.05, 4.69) is 4.18 Å². The molecule has 0 heterocycles. The smallest absolute Gasteiger partial charge is 0.265 e.